The number of hydrogen-bond acceptors (Lipinski definition) is 5. The lowest BCUT2D eigenvalue weighted by Crippen LogP contribution is -2.41. The summed E-state index contributed by atoms with van der Waals surface area (Å²) in [5.41, 5.74) is 3.14. The molecule has 29 heavy (non-hydrogen) atoms. The fourth-order valence-electron chi connectivity index (χ4n) is 4.66. The van der Waals surface area contributed by atoms with Crippen LogP contribution in [0.2, 0.25) is 0 Å². The molecule has 5 rings (SSSR count). The maximum Gasteiger partial charge on any atom is 0.212 e. The molecule has 1 aliphatic heterocycles. The Morgan fingerprint density at radius 2 is 1.55 bits per heavy atom. The number of allylic oxidation sites excluding steroid dienone is 2. The molecule has 2 aliphatic carbocycles. The van der Waals surface area contributed by atoms with Crippen molar-refractivity contribution < 1.29 is 14.4 Å². The summed E-state index contributed by atoms with van der Waals surface area (Å²) in [5.74, 6) is -1.54. The van der Waals surface area contributed by atoms with Crippen molar-refractivity contribution in [2.75, 3.05) is 0 Å². The molecule has 0 N–H and O–H groups in total. The van der Waals surface area contributed by atoms with Crippen LogP contribution in [-0.2, 0) is 4.79 Å². The molecule has 2 aromatic rings. The molecule has 5 heteroatoms. The van der Waals surface area contributed by atoms with Gasteiger partial charge in [0.15, 0.2) is 5.78 Å². The van der Waals surface area contributed by atoms with Crippen molar-refractivity contribution in [3.05, 3.63) is 82.1 Å². The molecule has 1 fully saturated rings. The zero-order valence-electron chi connectivity index (χ0n) is 15.5. The van der Waals surface area contributed by atoms with Gasteiger partial charge in [-0.15, -0.1) is 0 Å². The summed E-state index contributed by atoms with van der Waals surface area (Å²) >= 11 is 0. The van der Waals surface area contributed by atoms with E-state index < -0.39 is 11.8 Å². The monoisotopic (exact) mass is 380 g/mol. The second kappa shape index (κ2) is 6.46. The molecule has 5 nitrogen and oxygen atoms in total. The first kappa shape index (κ1) is 17.4. The van der Waals surface area contributed by atoms with Crippen molar-refractivity contribution in [2.45, 2.75) is 25.2 Å². The van der Waals surface area contributed by atoms with E-state index >= 15 is 0 Å². The minimum absolute atomic E-state index is 0.0509. The van der Waals surface area contributed by atoms with Crippen LogP contribution in [0.4, 0.5) is 0 Å². The maximum atomic E-state index is 13.4. The third kappa shape index (κ3) is 2.53. The minimum Gasteiger partial charge on any atom is -0.299 e. The molecule has 140 valence electrons. The molecule has 1 saturated carbocycles. The molecule has 0 spiro atoms. The largest absolute Gasteiger partial charge is 0.299 e. The lowest BCUT2D eigenvalue weighted by molar-refractivity contribution is -0.121. The van der Waals surface area contributed by atoms with E-state index in [9.17, 15) is 14.4 Å². The predicted molar refractivity (Wildman–Crippen MR) is 106 cm³/mol. The van der Waals surface area contributed by atoms with E-state index in [0.29, 0.717) is 47.2 Å². The first-order chi connectivity index (χ1) is 14.1. The summed E-state index contributed by atoms with van der Waals surface area (Å²) in [4.78, 5) is 44.1. The summed E-state index contributed by atoms with van der Waals surface area (Å²) in [5, 5.41) is 9.11. The highest BCUT2D eigenvalue weighted by Gasteiger charge is 2.47. The SMILES string of the molecule is N#Cc1ccc(C2C3=C(N=C4CCCC(=O)C42)C(=O)c2ccccc2C3=O)cc1. The number of nitrogens with zero attached hydrogens (tertiary/aromatic N) is 2. The van der Waals surface area contributed by atoms with E-state index in [1.165, 1.54) is 0 Å². The number of hydrogen-bond donors (Lipinski definition) is 0. The van der Waals surface area contributed by atoms with Gasteiger partial charge in [0, 0.05) is 34.8 Å². The Kier molecular flexibility index (Phi) is 3.88. The Labute approximate surface area is 167 Å². The van der Waals surface area contributed by atoms with Gasteiger partial charge in [0.2, 0.25) is 5.78 Å². The van der Waals surface area contributed by atoms with Gasteiger partial charge in [0.25, 0.3) is 0 Å². The number of nitriles is 1. The molecule has 0 radical (unpaired) electrons. The van der Waals surface area contributed by atoms with Gasteiger partial charge in [-0.05, 0) is 30.5 Å². The molecule has 2 unspecified atom stereocenters. The lowest BCUT2D eigenvalue weighted by Gasteiger charge is -2.37. The van der Waals surface area contributed by atoms with E-state index in [1.807, 2.05) is 0 Å². The van der Waals surface area contributed by atoms with Gasteiger partial charge in [-0.1, -0.05) is 36.4 Å². The second-order valence-corrected chi connectivity index (χ2v) is 7.58. The van der Waals surface area contributed by atoms with Crippen LogP contribution in [0.3, 0.4) is 0 Å². The number of ketones is 3. The van der Waals surface area contributed by atoms with Crippen LogP contribution in [0.15, 0.2) is 64.8 Å². The maximum absolute atomic E-state index is 13.4. The molecule has 2 atom stereocenters. The Hall–Kier alpha value is -3.65. The zero-order chi connectivity index (χ0) is 20.1. The van der Waals surface area contributed by atoms with Crippen LogP contribution in [0.1, 0.15) is 57.0 Å². The van der Waals surface area contributed by atoms with Gasteiger partial charge in [0.05, 0.1) is 17.6 Å². The summed E-state index contributed by atoms with van der Waals surface area (Å²) in [7, 11) is 0. The first-order valence-corrected chi connectivity index (χ1v) is 9.63. The minimum atomic E-state index is -0.553. The summed E-state index contributed by atoms with van der Waals surface area (Å²) in [6.45, 7) is 0. The van der Waals surface area contributed by atoms with Crippen molar-refractivity contribution in [2.24, 2.45) is 10.9 Å². The summed E-state index contributed by atoms with van der Waals surface area (Å²) < 4.78 is 0. The van der Waals surface area contributed by atoms with Gasteiger partial charge in [-0.3, -0.25) is 19.4 Å². The number of aliphatic imine (C=N–C) groups is 1. The van der Waals surface area contributed by atoms with Crippen molar-refractivity contribution in [3.8, 4) is 6.07 Å². The van der Waals surface area contributed by atoms with Gasteiger partial charge >= 0.3 is 0 Å². The number of benzene rings is 2. The number of carbonyl (C=O) groups excluding carboxylic acids is 3. The molecule has 1 heterocycles. The van der Waals surface area contributed by atoms with Crippen LogP contribution in [0.5, 0.6) is 0 Å². The molecular weight excluding hydrogens is 364 g/mol. The van der Waals surface area contributed by atoms with Crippen molar-refractivity contribution in [3.63, 3.8) is 0 Å². The summed E-state index contributed by atoms with van der Waals surface area (Å²) in [6.07, 6.45) is 1.79. The molecular formula is C24H16N2O3. The quantitative estimate of drug-likeness (QED) is 0.753. The van der Waals surface area contributed by atoms with E-state index in [-0.39, 0.29) is 23.0 Å². The molecule has 0 saturated heterocycles. The second-order valence-electron chi connectivity index (χ2n) is 7.58. The fraction of sp³-hybridized carbons (Fsp3) is 0.208. The molecule has 0 amide bonds. The predicted octanol–water partition coefficient (Wildman–Crippen LogP) is 3.80. The van der Waals surface area contributed by atoms with Crippen LogP contribution in [0.25, 0.3) is 0 Å². The van der Waals surface area contributed by atoms with Gasteiger partial charge in [0.1, 0.15) is 11.5 Å². The van der Waals surface area contributed by atoms with Crippen LogP contribution < -0.4 is 0 Å². The zero-order valence-corrected chi connectivity index (χ0v) is 15.5. The standard InChI is InChI=1S/C24H16N2O3/c25-12-13-8-10-14(11-9-13)19-20-17(6-3-7-18(20)27)26-22-21(19)23(28)15-4-1-2-5-16(15)24(22)29/h1-2,4-5,8-11,19-20H,3,6-7H2. The third-order valence-corrected chi connectivity index (χ3v) is 5.99. The number of fused-ring (bicyclic) bond motifs is 2. The topological polar surface area (TPSA) is 87.4 Å². The first-order valence-electron chi connectivity index (χ1n) is 9.63. The highest BCUT2D eigenvalue weighted by atomic mass is 16.1. The fourth-order valence-corrected chi connectivity index (χ4v) is 4.66. The average Bonchev–Trinajstić information content (AvgIpc) is 2.76. The van der Waals surface area contributed by atoms with Gasteiger partial charge in [-0.2, -0.15) is 5.26 Å². The van der Waals surface area contributed by atoms with Crippen molar-refractivity contribution >= 4 is 23.1 Å². The number of rotatable bonds is 1. The molecule has 2 aromatic carbocycles. The Morgan fingerprint density at radius 1 is 0.862 bits per heavy atom. The molecule has 3 aliphatic rings. The molecule has 0 aromatic heterocycles. The van der Waals surface area contributed by atoms with E-state index in [0.717, 1.165) is 5.56 Å². The average molecular weight is 380 g/mol. The lowest BCUT2D eigenvalue weighted by atomic mass is 9.66. The van der Waals surface area contributed by atoms with E-state index in [4.69, 9.17) is 5.26 Å². The van der Waals surface area contributed by atoms with Gasteiger partial charge in [-0.25, -0.2) is 0 Å². The smallest absolute Gasteiger partial charge is 0.212 e. The van der Waals surface area contributed by atoms with E-state index in [1.54, 1.807) is 48.5 Å². The van der Waals surface area contributed by atoms with Crippen molar-refractivity contribution in [1.29, 1.82) is 5.26 Å². The third-order valence-electron chi connectivity index (χ3n) is 5.99. The van der Waals surface area contributed by atoms with E-state index in [2.05, 4.69) is 11.1 Å². The Bertz CT molecular complexity index is 1200. The number of carbonyl (C=O) groups is 3. The Morgan fingerprint density at radius 3 is 2.24 bits per heavy atom. The Balaban J connectivity index is 1.76. The highest BCUT2D eigenvalue weighted by molar-refractivity contribution is 6.29. The van der Waals surface area contributed by atoms with Crippen LogP contribution in [-0.4, -0.2) is 23.1 Å². The highest BCUT2D eigenvalue weighted by Crippen LogP contribution is 2.46. The van der Waals surface area contributed by atoms with Crippen LogP contribution in [0, 0.1) is 17.2 Å². The normalized spacial score (nSPS) is 23.0. The summed E-state index contributed by atoms with van der Waals surface area (Å²) in [6, 6.07) is 15.8. The van der Waals surface area contributed by atoms with Crippen LogP contribution >= 0.6 is 0 Å². The van der Waals surface area contributed by atoms with Gasteiger partial charge < -0.3 is 0 Å². The molecule has 0 bridgehead atoms. The number of Topliss-reactive ketones (excluding diaryl/α,β-unsaturated/α-hetero) is 3. The van der Waals surface area contributed by atoms with Crippen molar-refractivity contribution in [1.82, 2.24) is 0 Å².